The number of hydrogen-bond acceptors (Lipinski definition) is 4. The second-order valence-electron chi connectivity index (χ2n) is 5.78. The van der Waals surface area contributed by atoms with E-state index < -0.39 is 5.97 Å². The van der Waals surface area contributed by atoms with Crippen molar-refractivity contribution in [1.82, 2.24) is 20.0 Å². The van der Waals surface area contributed by atoms with Gasteiger partial charge in [0, 0.05) is 25.7 Å². The number of imidazole rings is 1. The molecule has 8 nitrogen and oxygen atoms in total. The fourth-order valence-corrected chi connectivity index (χ4v) is 2.52. The first-order valence-electron chi connectivity index (χ1n) is 8.11. The summed E-state index contributed by atoms with van der Waals surface area (Å²) < 4.78 is 1.76. The molecule has 0 radical (unpaired) electrons. The van der Waals surface area contributed by atoms with Gasteiger partial charge in [-0.25, -0.2) is 4.98 Å². The van der Waals surface area contributed by atoms with E-state index in [1.165, 1.54) is 0 Å². The highest BCUT2D eigenvalue weighted by Crippen LogP contribution is 2.15. The van der Waals surface area contributed by atoms with Crippen LogP contribution in [0.5, 0.6) is 0 Å². The number of carboxylic acid groups (broad SMARTS) is 1. The van der Waals surface area contributed by atoms with Gasteiger partial charge in [-0.1, -0.05) is 6.07 Å². The molecule has 0 saturated carbocycles. The highest BCUT2D eigenvalue weighted by molar-refractivity contribution is 5.94. The van der Waals surface area contributed by atoms with Crippen molar-refractivity contribution in [2.24, 2.45) is 0 Å². The third-order valence-electron chi connectivity index (χ3n) is 3.76. The van der Waals surface area contributed by atoms with Crippen LogP contribution in [0.2, 0.25) is 0 Å². The number of carboxylic acids is 1. The number of carbonyl (C=O) groups is 3. The second kappa shape index (κ2) is 8.27. The largest absolute Gasteiger partial charge is 0.481 e. The molecule has 2 aromatic heterocycles. The fraction of sp³-hybridized carbons (Fsp3) is 0.412. The van der Waals surface area contributed by atoms with Gasteiger partial charge in [0.1, 0.15) is 11.3 Å². The van der Waals surface area contributed by atoms with Crippen LogP contribution in [-0.2, 0) is 9.59 Å². The molecule has 0 aliphatic heterocycles. The van der Waals surface area contributed by atoms with Gasteiger partial charge in [0.25, 0.3) is 5.91 Å². The maximum atomic E-state index is 12.4. The maximum absolute atomic E-state index is 12.4. The Bertz CT molecular complexity index is 797. The average Bonchev–Trinajstić information content (AvgIpc) is 2.88. The van der Waals surface area contributed by atoms with E-state index in [1.54, 1.807) is 17.5 Å². The van der Waals surface area contributed by atoms with Gasteiger partial charge in [-0.3, -0.25) is 18.8 Å². The number of rotatable bonds is 8. The molecule has 2 amide bonds. The Morgan fingerprint density at radius 2 is 1.92 bits per heavy atom. The average molecular weight is 346 g/mol. The van der Waals surface area contributed by atoms with E-state index in [2.05, 4.69) is 15.6 Å². The standard InChI is InChI=1S/C17H22N4O4/c1-11-5-4-10-21-15(12(2)20-16(11)21)17(25)19-8-3-6-13(22)18-9-7-14(23)24/h4-5,10H,3,6-9H2,1-2H3,(H,18,22)(H,19,25)(H,23,24). The molecule has 134 valence electrons. The lowest BCUT2D eigenvalue weighted by molar-refractivity contribution is -0.136. The molecule has 0 atom stereocenters. The first kappa shape index (κ1) is 18.4. The molecule has 8 heteroatoms. The minimum absolute atomic E-state index is 0.102. The number of aliphatic carboxylic acids is 1. The van der Waals surface area contributed by atoms with Gasteiger partial charge in [0.2, 0.25) is 5.91 Å². The van der Waals surface area contributed by atoms with Crippen molar-refractivity contribution in [2.75, 3.05) is 13.1 Å². The summed E-state index contributed by atoms with van der Waals surface area (Å²) in [5, 5.41) is 13.8. The van der Waals surface area contributed by atoms with Gasteiger partial charge in [-0.05, 0) is 31.9 Å². The van der Waals surface area contributed by atoms with Crippen molar-refractivity contribution in [3.05, 3.63) is 35.3 Å². The Morgan fingerprint density at radius 3 is 2.64 bits per heavy atom. The molecular formula is C17H22N4O4. The molecular weight excluding hydrogens is 324 g/mol. The van der Waals surface area contributed by atoms with Crippen molar-refractivity contribution in [2.45, 2.75) is 33.1 Å². The number of aromatic nitrogens is 2. The van der Waals surface area contributed by atoms with Crippen LogP contribution in [0, 0.1) is 13.8 Å². The Hall–Kier alpha value is -2.90. The minimum atomic E-state index is -0.953. The second-order valence-corrected chi connectivity index (χ2v) is 5.78. The number of hydrogen-bond donors (Lipinski definition) is 3. The normalized spacial score (nSPS) is 10.6. The number of nitrogens with zero attached hydrogens (tertiary/aromatic N) is 2. The summed E-state index contributed by atoms with van der Waals surface area (Å²) in [5.74, 6) is -1.41. The molecule has 2 aromatic rings. The molecule has 2 heterocycles. The number of nitrogens with one attached hydrogen (secondary N) is 2. The summed E-state index contributed by atoms with van der Waals surface area (Å²) in [6, 6.07) is 3.80. The zero-order valence-corrected chi connectivity index (χ0v) is 14.3. The van der Waals surface area contributed by atoms with E-state index in [-0.39, 0.29) is 31.2 Å². The van der Waals surface area contributed by atoms with E-state index in [4.69, 9.17) is 5.11 Å². The van der Waals surface area contributed by atoms with Crippen molar-refractivity contribution >= 4 is 23.4 Å². The minimum Gasteiger partial charge on any atom is -0.481 e. The third-order valence-corrected chi connectivity index (χ3v) is 3.76. The van der Waals surface area contributed by atoms with Crippen molar-refractivity contribution in [3.63, 3.8) is 0 Å². The number of carbonyl (C=O) groups excluding carboxylic acids is 2. The first-order valence-corrected chi connectivity index (χ1v) is 8.11. The van der Waals surface area contributed by atoms with Crippen LogP contribution in [-0.4, -0.2) is 45.4 Å². The highest BCUT2D eigenvalue weighted by Gasteiger charge is 2.16. The monoisotopic (exact) mass is 346 g/mol. The number of aryl methyl sites for hydroxylation is 2. The Morgan fingerprint density at radius 1 is 1.16 bits per heavy atom. The smallest absolute Gasteiger partial charge is 0.305 e. The van der Waals surface area contributed by atoms with E-state index in [0.717, 1.165) is 11.2 Å². The van der Waals surface area contributed by atoms with Crippen molar-refractivity contribution in [1.29, 1.82) is 0 Å². The van der Waals surface area contributed by atoms with E-state index >= 15 is 0 Å². The lowest BCUT2D eigenvalue weighted by atomic mass is 10.2. The van der Waals surface area contributed by atoms with Crippen LogP contribution in [0.3, 0.4) is 0 Å². The number of amides is 2. The molecule has 0 unspecified atom stereocenters. The number of pyridine rings is 1. The van der Waals surface area contributed by atoms with Crippen LogP contribution in [0.25, 0.3) is 5.65 Å². The van der Waals surface area contributed by atoms with Crippen molar-refractivity contribution in [3.8, 4) is 0 Å². The van der Waals surface area contributed by atoms with Gasteiger partial charge in [0.05, 0.1) is 12.1 Å². The zero-order valence-electron chi connectivity index (χ0n) is 14.3. The van der Waals surface area contributed by atoms with Gasteiger partial charge in [0.15, 0.2) is 0 Å². The summed E-state index contributed by atoms with van der Waals surface area (Å²) in [7, 11) is 0. The quantitative estimate of drug-likeness (QED) is 0.619. The molecule has 0 aromatic carbocycles. The predicted octanol–water partition coefficient (Wildman–Crippen LogP) is 1.05. The highest BCUT2D eigenvalue weighted by atomic mass is 16.4. The molecule has 3 N–H and O–H groups in total. The molecule has 0 spiro atoms. The molecule has 0 aliphatic carbocycles. The molecule has 0 saturated heterocycles. The zero-order chi connectivity index (χ0) is 18.4. The van der Waals surface area contributed by atoms with Gasteiger partial charge in [-0.15, -0.1) is 0 Å². The predicted molar refractivity (Wildman–Crippen MR) is 91.5 cm³/mol. The molecule has 0 fully saturated rings. The molecule has 0 aliphatic rings. The number of fused-ring (bicyclic) bond motifs is 1. The van der Waals surface area contributed by atoms with Crippen LogP contribution in [0.15, 0.2) is 18.3 Å². The molecule has 25 heavy (non-hydrogen) atoms. The van der Waals surface area contributed by atoms with E-state index in [9.17, 15) is 14.4 Å². The fourth-order valence-electron chi connectivity index (χ4n) is 2.52. The van der Waals surface area contributed by atoms with Gasteiger partial charge >= 0.3 is 5.97 Å². The van der Waals surface area contributed by atoms with Gasteiger partial charge in [-0.2, -0.15) is 0 Å². The summed E-state index contributed by atoms with van der Waals surface area (Å²) in [5.41, 5.74) is 2.88. The maximum Gasteiger partial charge on any atom is 0.305 e. The summed E-state index contributed by atoms with van der Waals surface area (Å²) in [6.45, 7) is 4.19. The summed E-state index contributed by atoms with van der Waals surface area (Å²) in [6.07, 6.45) is 2.40. The van der Waals surface area contributed by atoms with Crippen LogP contribution in [0.1, 0.15) is 41.0 Å². The lowest BCUT2D eigenvalue weighted by Crippen LogP contribution is -2.29. The molecule has 0 bridgehead atoms. The van der Waals surface area contributed by atoms with E-state index in [1.807, 2.05) is 19.1 Å². The summed E-state index contributed by atoms with van der Waals surface area (Å²) in [4.78, 5) is 38.7. The summed E-state index contributed by atoms with van der Waals surface area (Å²) >= 11 is 0. The first-order chi connectivity index (χ1) is 11.9. The van der Waals surface area contributed by atoms with Crippen molar-refractivity contribution < 1.29 is 19.5 Å². The van der Waals surface area contributed by atoms with E-state index in [0.29, 0.717) is 24.4 Å². The Balaban J connectivity index is 1.83. The third kappa shape index (κ3) is 4.79. The van der Waals surface area contributed by atoms with Crippen LogP contribution >= 0.6 is 0 Å². The SMILES string of the molecule is Cc1nc2c(C)cccn2c1C(=O)NCCCC(=O)NCCC(=O)O. The van der Waals surface area contributed by atoms with Gasteiger partial charge < -0.3 is 15.7 Å². The lowest BCUT2D eigenvalue weighted by Gasteiger charge is -2.07. The Labute approximate surface area is 145 Å². The van der Waals surface area contributed by atoms with Crippen LogP contribution < -0.4 is 10.6 Å². The topological polar surface area (TPSA) is 113 Å². The molecule has 2 rings (SSSR count). The Kier molecular flexibility index (Phi) is 6.10. The van der Waals surface area contributed by atoms with Crippen LogP contribution in [0.4, 0.5) is 0 Å².